The van der Waals surface area contributed by atoms with Crippen LogP contribution < -0.4 is 0 Å². The fourth-order valence-corrected chi connectivity index (χ4v) is 6.01. The number of rotatable bonds is 2. The molecule has 0 N–H and O–H groups in total. The van der Waals surface area contributed by atoms with Crippen LogP contribution in [0.4, 0.5) is 22.0 Å². The average Bonchev–Trinajstić information content (AvgIpc) is 2.57. The van der Waals surface area contributed by atoms with Gasteiger partial charge in [-0.3, -0.25) is 0 Å². The van der Waals surface area contributed by atoms with Crippen LogP contribution in [-0.4, -0.2) is 9.60 Å². The Morgan fingerprint density at radius 2 is 1.85 bits per heavy atom. The molecule has 2 aliphatic heterocycles. The summed E-state index contributed by atoms with van der Waals surface area (Å²) in [6.07, 6.45) is -1.92. The molecule has 3 rings (SSSR count). The van der Waals surface area contributed by atoms with Crippen molar-refractivity contribution in [1.82, 2.24) is 0 Å². The molecular weight excluding hydrogens is 604 g/mol. The van der Waals surface area contributed by atoms with Gasteiger partial charge in [0.2, 0.25) is 5.97 Å². The van der Waals surface area contributed by atoms with Crippen LogP contribution in [0.25, 0.3) is 0 Å². The molecule has 2 aliphatic rings. The van der Waals surface area contributed by atoms with E-state index in [1.165, 1.54) is 19.1 Å². The quantitative estimate of drug-likeness (QED) is 0.249. The van der Waals surface area contributed by atoms with Crippen LogP contribution >= 0.6 is 53.4 Å². The van der Waals surface area contributed by atoms with Crippen LogP contribution in [0, 0.1) is 6.92 Å². The van der Waals surface area contributed by atoms with Crippen LogP contribution in [-0.2, 0) is 6.18 Å². The second-order valence-electron chi connectivity index (χ2n) is 5.16. The van der Waals surface area contributed by atoms with Crippen molar-refractivity contribution in [1.29, 1.82) is 0 Å². The highest BCUT2D eigenvalue weighted by molar-refractivity contribution is 14.2. The first kappa shape index (κ1) is 19.9. The topological polar surface area (TPSA) is 24.7 Å². The lowest BCUT2D eigenvalue weighted by molar-refractivity contribution is -0.137. The van der Waals surface area contributed by atoms with Crippen LogP contribution in [0.2, 0.25) is 5.02 Å². The van der Waals surface area contributed by atoms with E-state index in [1.807, 2.05) is 0 Å². The minimum atomic E-state index is -4.53. The fourth-order valence-electron chi connectivity index (χ4n) is 2.11. The smallest absolute Gasteiger partial charge is 0.219 e. The molecule has 0 bridgehead atoms. The van der Waals surface area contributed by atoms with E-state index in [0.29, 0.717) is 5.70 Å². The molecule has 2 heterocycles. The van der Waals surface area contributed by atoms with E-state index in [9.17, 15) is 22.0 Å². The number of hydrogen-bond donors (Lipinski definition) is 0. The minimum Gasteiger partial charge on any atom is -0.219 e. The number of benzene rings is 1. The molecule has 0 radical (unpaired) electrons. The summed E-state index contributed by atoms with van der Waals surface area (Å²) in [6.45, 7) is 1.46. The maximum absolute atomic E-state index is 14.4. The zero-order valence-electron chi connectivity index (χ0n) is 12.8. The lowest BCUT2D eigenvalue weighted by atomic mass is 10.1. The molecule has 0 fully saturated rings. The molecule has 1 aromatic rings. The van der Waals surface area contributed by atoms with Gasteiger partial charge in [0.15, 0.2) is 3.83 Å². The Kier molecular flexibility index (Phi) is 5.87. The second kappa shape index (κ2) is 7.66. The van der Waals surface area contributed by atoms with Crippen LogP contribution in [0.5, 0.6) is 0 Å². The molecule has 0 aromatic heterocycles. The van der Waals surface area contributed by atoms with Crippen molar-refractivity contribution in [2.75, 3.05) is 0 Å². The Labute approximate surface area is 170 Å². The molecule has 26 heavy (non-hydrogen) atoms. The van der Waals surface area contributed by atoms with E-state index < -0.39 is 59.5 Å². The zero-order valence-corrected chi connectivity index (χ0v) is 17.9. The predicted molar refractivity (Wildman–Crippen MR) is 110 cm³/mol. The largest absolute Gasteiger partial charge is 0.416 e. The predicted octanol–water partition coefficient (Wildman–Crippen LogP) is 7.24. The maximum atomic E-state index is 14.4. The summed E-state index contributed by atoms with van der Waals surface area (Å²) in [6, 6.07) is 1.85. The lowest BCUT2D eigenvalue weighted by Gasteiger charge is -2.15. The van der Waals surface area contributed by atoms with Crippen molar-refractivity contribution in [3.8, 4) is 0 Å². The van der Waals surface area contributed by atoms with Crippen LogP contribution in [0.1, 0.15) is 16.7 Å². The Hall–Kier alpha value is -0.820. The van der Waals surface area contributed by atoms with Gasteiger partial charge in [-0.2, -0.15) is 22.0 Å². The molecule has 138 valence electrons. The summed E-state index contributed by atoms with van der Waals surface area (Å²) in [4.78, 5) is 3.85. The van der Waals surface area contributed by atoms with Gasteiger partial charge in [-0.05, 0) is 40.9 Å². The highest BCUT2D eigenvalue weighted by Crippen LogP contribution is 2.37. The average molecular weight is 613 g/mol. The van der Waals surface area contributed by atoms with Gasteiger partial charge in [0, 0.05) is 5.56 Å². The molecule has 0 saturated heterocycles. The summed E-state index contributed by atoms with van der Waals surface area (Å²) in [5, 5.41) is 0.124. The maximum Gasteiger partial charge on any atom is 0.416 e. The summed E-state index contributed by atoms with van der Waals surface area (Å²) in [5.41, 5.74) is -0.0547. The third kappa shape index (κ3) is 4.19. The SMILES string of the molecule is Cc1cc(C(F)(F)F)cc(C2=IC=C(C3=CC=C(F)I=N3)C(F)=N2)c1Cl. The molecule has 0 saturated carbocycles. The number of alkyl halides is 3. The lowest BCUT2D eigenvalue weighted by Crippen LogP contribution is -2.11. The molecule has 10 heteroatoms. The van der Waals surface area contributed by atoms with E-state index >= 15 is 0 Å². The molecule has 2 nitrogen and oxygen atoms in total. The first-order chi connectivity index (χ1) is 12.2. The van der Waals surface area contributed by atoms with Crippen LogP contribution in [0.3, 0.4) is 0 Å². The van der Waals surface area contributed by atoms with Gasteiger partial charge >= 0.3 is 6.18 Å². The Morgan fingerprint density at radius 1 is 1.12 bits per heavy atom. The second-order valence-corrected chi connectivity index (χ2v) is 9.80. The van der Waals surface area contributed by atoms with Crippen molar-refractivity contribution >= 4 is 63.0 Å². The molecular formula is C16H8ClF5I2N2. The zero-order chi connectivity index (χ0) is 19.1. The third-order valence-electron chi connectivity index (χ3n) is 3.35. The molecule has 0 aliphatic carbocycles. The van der Waals surface area contributed by atoms with Crippen LogP contribution in [0.15, 0.2) is 51.6 Å². The molecule has 0 atom stereocenters. The molecule has 0 spiro atoms. The number of nitrogens with zero attached hydrogens (tertiary/aromatic N) is 2. The third-order valence-corrected chi connectivity index (χ3v) is 7.78. The van der Waals surface area contributed by atoms with Gasteiger partial charge < -0.3 is 0 Å². The normalized spacial score (nSPS) is 17.9. The molecule has 1 aromatic carbocycles. The van der Waals surface area contributed by atoms with Crippen molar-refractivity contribution < 1.29 is 22.0 Å². The first-order valence-corrected chi connectivity index (χ1v) is 11.7. The van der Waals surface area contributed by atoms with Gasteiger partial charge in [0.25, 0.3) is 0 Å². The van der Waals surface area contributed by atoms with Crippen molar-refractivity contribution in [2.24, 2.45) is 8.14 Å². The van der Waals surface area contributed by atoms with Gasteiger partial charge in [0.1, 0.15) is 3.63 Å². The summed E-state index contributed by atoms with van der Waals surface area (Å²) >= 11 is 3.93. The first-order valence-electron chi connectivity index (χ1n) is 6.92. The van der Waals surface area contributed by atoms with Crippen molar-refractivity contribution in [2.45, 2.75) is 13.1 Å². The summed E-state index contributed by atoms with van der Waals surface area (Å²) in [5.74, 6) is -0.855. The molecule has 0 amide bonds. The standard InChI is InChI=1S/C16H8ClF5I2N2/c1-7-4-8(16(20,21)22)5-9(13(7)17)15-23-6-10(14(19)25-15)11-2-3-12(18)24-26-11/h2-6H,1H3. The van der Waals surface area contributed by atoms with E-state index in [1.54, 1.807) is 4.08 Å². The minimum absolute atomic E-state index is 0.0881. The van der Waals surface area contributed by atoms with E-state index in [-0.39, 0.29) is 29.2 Å². The van der Waals surface area contributed by atoms with E-state index in [2.05, 4.69) is 8.14 Å². The number of halogens is 8. The Balaban J connectivity index is 2.05. The number of hydrogen-bond acceptors (Lipinski definition) is 2. The Bertz CT molecular complexity index is 972. The number of aliphatic imine (C=N–C) groups is 1. The van der Waals surface area contributed by atoms with Gasteiger partial charge in [-0.15, -0.1) is 0 Å². The highest BCUT2D eigenvalue weighted by Gasteiger charge is 2.32. The van der Waals surface area contributed by atoms with Crippen molar-refractivity contribution in [3.63, 3.8) is 0 Å². The summed E-state index contributed by atoms with van der Waals surface area (Å²) in [7, 11) is 0. The Morgan fingerprint density at radius 3 is 2.42 bits per heavy atom. The monoisotopic (exact) mass is 612 g/mol. The van der Waals surface area contributed by atoms with E-state index in [4.69, 9.17) is 11.6 Å². The van der Waals surface area contributed by atoms with Crippen molar-refractivity contribution in [3.05, 3.63) is 65.2 Å². The molecule has 0 unspecified atom stereocenters. The highest BCUT2D eigenvalue weighted by atomic mass is 127. The van der Waals surface area contributed by atoms with E-state index in [0.717, 1.165) is 12.1 Å². The fraction of sp³-hybridized carbons (Fsp3) is 0.125. The number of allylic oxidation sites excluding steroid dienone is 3. The van der Waals surface area contributed by atoms with Gasteiger partial charge in [-0.25, -0.2) is 8.14 Å². The number of aryl methyl sites for hydroxylation is 1. The van der Waals surface area contributed by atoms with Gasteiger partial charge in [-0.1, -0.05) is 32.3 Å². The van der Waals surface area contributed by atoms with Gasteiger partial charge in [0.05, 0.1) is 42.9 Å². The summed E-state index contributed by atoms with van der Waals surface area (Å²) < 4.78 is 72.1.